The number of hydrogen-bond donors (Lipinski definition) is 0. The number of urea groups is 1. The van der Waals surface area contributed by atoms with Gasteiger partial charge in [-0.1, -0.05) is 19.8 Å². The molecule has 2 amide bonds. The Morgan fingerprint density at radius 1 is 1.00 bits per heavy atom. The average Bonchev–Trinajstić information content (AvgIpc) is 2.66. The highest BCUT2D eigenvalue weighted by molar-refractivity contribution is 5.75. The molecule has 3 heteroatoms. The van der Waals surface area contributed by atoms with Gasteiger partial charge in [-0.3, -0.25) is 0 Å². The molecule has 2 fully saturated rings. The third-order valence-corrected chi connectivity index (χ3v) is 4.22. The quantitative estimate of drug-likeness (QED) is 0.688. The molecule has 2 heterocycles. The van der Waals surface area contributed by atoms with Crippen molar-refractivity contribution >= 4 is 6.03 Å². The van der Waals surface area contributed by atoms with E-state index >= 15 is 0 Å². The number of hydrogen-bond acceptors (Lipinski definition) is 1. The molecule has 3 nitrogen and oxygen atoms in total. The zero-order valence-corrected chi connectivity index (χ0v) is 11.2. The van der Waals surface area contributed by atoms with E-state index in [1.54, 1.807) is 0 Å². The van der Waals surface area contributed by atoms with Crippen molar-refractivity contribution in [3.05, 3.63) is 0 Å². The van der Waals surface area contributed by atoms with Gasteiger partial charge in [0.1, 0.15) is 0 Å². The summed E-state index contributed by atoms with van der Waals surface area (Å²) in [6.45, 7) is 5.14. The lowest BCUT2D eigenvalue weighted by atomic mass is 10.0. The predicted molar refractivity (Wildman–Crippen MR) is 70.1 cm³/mol. The predicted octanol–water partition coefficient (Wildman–Crippen LogP) is 3.25. The molecule has 1 unspecified atom stereocenters. The molecule has 0 spiro atoms. The molecule has 0 radical (unpaired) electrons. The molecule has 2 aliphatic rings. The van der Waals surface area contributed by atoms with Gasteiger partial charge in [-0.2, -0.15) is 0 Å². The molecule has 0 saturated carbocycles. The molecule has 0 bridgehead atoms. The van der Waals surface area contributed by atoms with Gasteiger partial charge >= 0.3 is 6.03 Å². The lowest BCUT2D eigenvalue weighted by Gasteiger charge is -2.38. The van der Waals surface area contributed by atoms with Crippen molar-refractivity contribution in [2.75, 3.05) is 19.6 Å². The Morgan fingerprint density at radius 3 is 2.29 bits per heavy atom. The van der Waals surface area contributed by atoms with Crippen LogP contribution in [0.5, 0.6) is 0 Å². The van der Waals surface area contributed by atoms with Crippen LogP contribution < -0.4 is 0 Å². The summed E-state index contributed by atoms with van der Waals surface area (Å²) in [5.41, 5.74) is 0. The minimum absolute atomic E-state index is 0.318. The average molecular weight is 238 g/mol. The molecular formula is C14H26N2O. The monoisotopic (exact) mass is 238 g/mol. The normalized spacial score (nSPS) is 26.8. The van der Waals surface area contributed by atoms with Crippen molar-refractivity contribution in [2.24, 2.45) is 0 Å². The van der Waals surface area contributed by atoms with E-state index < -0.39 is 0 Å². The fourth-order valence-corrected chi connectivity index (χ4v) is 3.12. The SMILES string of the molecule is CCC1CCCCN1C(=O)N1CCCCCC1. The van der Waals surface area contributed by atoms with E-state index in [0.717, 1.165) is 26.1 Å². The summed E-state index contributed by atoms with van der Waals surface area (Å²) in [4.78, 5) is 16.8. The van der Waals surface area contributed by atoms with Crippen LogP contribution >= 0.6 is 0 Å². The van der Waals surface area contributed by atoms with E-state index in [1.807, 2.05) is 0 Å². The highest BCUT2D eigenvalue weighted by atomic mass is 16.2. The Kier molecular flexibility index (Phi) is 4.69. The Hall–Kier alpha value is -0.730. The Balaban J connectivity index is 1.96. The summed E-state index contributed by atoms with van der Waals surface area (Å²) in [5, 5.41) is 0. The van der Waals surface area contributed by atoms with Crippen LogP contribution in [0.3, 0.4) is 0 Å². The molecule has 2 rings (SSSR count). The minimum Gasteiger partial charge on any atom is -0.325 e. The Bertz CT molecular complexity index is 247. The van der Waals surface area contributed by atoms with Crippen LogP contribution in [0.4, 0.5) is 4.79 Å². The molecule has 0 aliphatic carbocycles. The maximum Gasteiger partial charge on any atom is 0.320 e. The lowest BCUT2D eigenvalue weighted by Crippen LogP contribution is -2.50. The molecule has 98 valence electrons. The smallest absolute Gasteiger partial charge is 0.320 e. The number of rotatable bonds is 1. The summed E-state index contributed by atoms with van der Waals surface area (Å²) >= 11 is 0. The third kappa shape index (κ3) is 3.14. The molecule has 0 aromatic rings. The highest BCUT2D eigenvalue weighted by Gasteiger charge is 2.28. The van der Waals surface area contributed by atoms with Gasteiger partial charge < -0.3 is 9.80 Å². The fourth-order valence-electron chi connectivity index (χ4n) is 3.12. The van der Waals surface area contributed by atoms with Crippen LogP contribution in [0, 0.1) is 0 Å². The number of nitrogens with zero attached hydrogens (tertiary/aromatic N) is 2. The first-order valence-corrected chi connectivity index (χ1v) is 7.38. The Morgan fingerprint density at radius 2 is 1.65 bits per heavy atom. The van der Waals surface area contributed by atoms with Gasteiger partial charge in [0.05, 0.1) is 0 Å². The number of piperidine rings is 1. The molecule has 2 saturated heterocycles. The second-order valence-corrected chi connectivity index (χ2v) is 5.44. The van der Waals surface area contributed by atoms with Crippen molar-refractivity contribution in [1.82, 2.24) is 9.80 Å². The van der Waals surface area contributed by atoms with Crippen molar-refractivity contribution in [3.63, 3.8) is 0 Å². The summed E-state index contributed by atoms with van der Waals surface area (Å²) in [6.07, 6.45) is 9.77. The van der Waals surface area contributed by atoms with E-state index in [4.69, 9.17) is 0 Å². The second-order valence-electron chi connectivity index (χ2n) is 5.44. The van der Waals surface area contributed by atoms with Crippen molar-refractivity contribution in [2.45, 2.75) is 64.3 Å². The highest BCUT2D eigenvalue weighted by Crippen LogP contribution is 2.22. The standard InChI is InChI=1S/C14H26N2O/c1-2-13-9-5-8-12-16(13)14(17)15-10-6-3-4-7-11-15/h13H,2-12H2,1H3. The van der Waals surface area contributed by atoms with Crippen LogP contribution in [0.1, 0.15) is 58.3 Å². The van der Waals surface area contributed by atoms with Crippen LogP contribution in [-0.4, -0.2) is 41.5 Å². The van der Waals surface area contributed by atoms with Gasteiger partial charge in [-0.05, 0) is 38.5 Å². The first-order valence-electron chi connectivity index (χ1n) is 7.38. The van der Waals surface area contributed by atoms with Crippen LogP contribution in [0.2, 0.25) is 0 Å². The van der Waals surface area contributed by atoms with E-state index in [9.17, 15) is 4.79 Å². The lowest BCUT2D eigenvalue weighted by molar-refractivity contribution is 0.114. The maximum absolute atomic E-state index is 12.5. The van der Waals surface area contributed by atoms with Gasteiger partial charge in [-0.25, -0.2) is 4.79 Å². The van der Waals surface area contributed by atoms with Crippen molar-refractivity contribution in [1.29, 1.82) is 0 Å². The maximum atomic E-state index is 12.5. The molecule has 1 atom stereocenters. The summed E-state index contributed by atoms with van der Waals surface area (Å²) in [7, 11) is 0. The fraction of sp³-hybridized carbons (Fsp3) is 0.929. The number of carbonyl (C=O) groups excluding carboxylic acids is 1. The molecule has 0 N–H and O–H groups in total. The molecule has 0 aromatic carbocycles. The van der Waals surface area contributed by atoms with Gasteiger partial charge in [0, 0.05) is 25.7 Å². The summed E-state index contributed by atoms with van der Waals surface area (Å²) in [6, 6.07) is 0.818. The van der Waals surface area contributed by atoms with Crippen molar-refractivity contribution < 1.29 is 4.79 Å². The number of amides is 2. The second kappa shape index (κ2) is 6.27. The number of carbonyl (C=O) groups is 1. The van der Waals surface area contributed by atoms with Crippen LogP contribution in [0.15, 0.2) is 0 Å². The van der Waals surface area contributed by atoms with Gasteiger partial charge in [0.25, 0.3) is 0 Å². The van der Waals surface area contributed by atoms with Gasteiger partial charge in [0.2, 0.25) is 0 Å². The van der Waals surface area contributed by atoms with Crippen LogP contribution in [-0.2, 0) is 0 Å². The zero-order valence-electron chi connectivity index (χ0n) is 11.2. The first-order chi connectivity index (χ1) is 8.33. The topological polar surface area (TPSA) is 23.6 Å². The van der Waals surface area contributed by atoms with E-state index in [1.165, 1.54) is 44.9 Å². The van der Waals surface area contributed by atoms with E-state index in [0.29, 0.717) is 12.1 Å². The van der Waals surface area contributed by atoms with Gasteiger partial charge in [-0.15, -0.1) is 0 Å². The minimum atomic E-state index is 0.318. The van der Waals surface area contributed by atoms with E-state index in [2.05, 4.69) is 16.7 Å². The van der Waals surface area contributed by atoms with Crippen LogP contribution in [0.25, 0.3) is 0 Å². The summed E-state index contributed by atoms with van der Waals surface area (Å²) in [5.74, 6) is 0. The first kappa shape index (κ1) is 12.7. The summed E-state index contributed by atoms with van der Waals surface area (Å²) < 4.78 is 0. The molecule has 17 heavy (non-hydrogen) atoms. The molecule has 2 aliphatic heterocycles. The Labute approximate surface area is 105 Å². The zero-order chi connectivity index (χ0) is 12.1. The molecular weight excluding hydrogens is 212 g/mol. The van der Waals surface area contributed by atoms with Gasteiger partial charge in [0.15, 0.2) is 0 Å². The molecule has 0 aromatic heterocycles. The third-order valence-electron chi connectivity index (χ3n) is 4.22. The van der Waals surface area contributed by atoms with E-state index in [-0.39, 0.29) is 0 Å². The number of likely N-dealkylation sites (tertiary alicyclic amines) is 2. The van der Waals surface area contributed by atoms with Crippen molar-refractivity contribution in [3.8, 4) is 0 Å². The largest absolute Gasteiger partial charge is 0.325 e.